The van der Waals surface area contributed by atoms with Crippen molar-refractivity contribution in [2.45, 2.75) is 78.6 Å². The van der Waals surface area contributed by atoms with E-state index in [0.29, 0.717) is 5.82 Å². The molecule has 1 fully saturated rings. The minimum Gasteiger partial charge on any atom is -0.338 e. The summed E-state index contributed by atoms with van der Waals surface area (Å²) in [5, 5.41) is 4.44. The zero-order chi connectivity index (χ0) is 24.1. The Morgan fingerprint density at radius 1 is 1.03 bits per heavy atom. The molecule has 0 aliphatic heterocycles. The number of imidazole rings is 1. The van der Waals surface area contributed by atoms with Gasteiger partial charge in [0.15, 0.2) is 17.0 Å². The molecular formula is C27H38N5OP. The monoisotopic (exact) mass is 479 g/mol. The van der Waals surface area contributed by atoms with Crippen molar-refractivity contribution < 1.29 is 4.57 Å². The van der Waals surface area contributed by atoms with Crippen molar-refractivity contribution >= 4 is 41.3 Å². The highest BCUT2D eigenvalue weighted by molar-refractivity contribution is 7.71. The van der Waals surface area contributed by atoms with Crippen molar-refractivity contribution in [3.63, 3.8) is 0 Å². The van der Waals surface area contributed by atoms with E-state index >= 15 is 0 Å². The first-order valence-electron chi connectivity index (χ1n) is 12.8. The second kappa shape index (κ2) is 10.9. The Bertz CT molecular complexity index is 1180. The molecule has 1 N–H and O–H groups in total. The molecule has 0 saturated heterocycles. The van der Waals surface area contributed by atoms with Gasteiger partial charge in [-0.2, -0.15) is 0 Å². The van der Waals surface area contributed by atoms with E-state index in [1.165, 1.54) is 24.8 Å². The van der Waals surface area contributed by atoms with Crippen LogP contribution in [0.2, 0.25) is 0 Å². The molecule has 6 nitrogen and oxygen atoms in total. The van der Waals surface area contributed by atoms with Gasteiger partial charge in [-0.25, -0.2) is 15.0 Å². The third kappa shape index (κ3) is 5.43. The highest BCUT2D eigenvalue weighted by Gasteiger charge is 2.22. The maximum Gasteiger partial charge on any atom is 0.169 e. The first kappa shape index (κ1) is 24.7. The summed E-state index contributed by atoms with van der Waals surface area (Å²) in [4.78, 5) is 14.3. The van der Waals surface area contributed by atoms with Gasteiger partial charge in [0.05, 0.1) is 0 Å². The highest BCUT2D eigenvalue weighted by atomic mass is 31.2. The second-order valence-electron chi connectivity index (χ2n) is 9.77. The van der Waals surface area contributed by atoms with E-state index in [2.05, 4.69) is 48.8 Å². The van der Waals surface area contributed by atoms with E-state index in [1.807, 2.05) is 30.6 Å². The molecule has 1 aliphatic carbocycles. The summed E-state index contributed by atoms with van der Waals surface area (Å²) in [7, 11) is -2.32. The van der Waals surface area contributed by atoms with Gasteiger partial charge in [-0.3, -0.25) is 4.57 Å². The summed E-state index contributed by atoms with van der Waals surface area (Å²) in [5.74, 6) is 1.71. The van der Waals surface area contributed by atoms with Crippen molar-refractivity contribution in [3.05, 3.63) is 42.0 Å². The summed E-state index contributed by atoms with van der Waals surface area (Å²) in [6.07, 6.45) is 13.6. The summed E-state index contributed by atoms with van der Waals surface area (Å²) in [6, 6.07) is 8.05. The highest BCUT2D eigenvalue weighted by Crippen LogP contribution is 2.45. The van der Waals surface area contributed by atoms with Gasteiger partial charge in [0.25, 0.3) is 0 Å². The van der Waals surface area contributed by atoms with Crippen molar-refractivity contribution in [1.29, 1.82) is 0 Å². The molecule has 1 aliphatic rings. The van der Waals surface area contributed by atoms with Crippen molar-refractivity contribution in [3.8, 4) is 0 Å². The quantitative estimate of drug-likeness (QED) is 0.326. The van der Waals surface area contributed by atoms with E-state index in [-0.39, 0.29) is 5.92 Å². The number of aromatic nitrogens is 4. The van der Waals surface area contributed by atoms with Gasteiger partial charge in [0, 0.05) is 35.4 Å². The lowest BCUT2D eigenvalue weighted by atomic mass is 9.96. The summed E-state index contributed by atoms with van der Waals surface area (Å²) in [5.41, 5.74) is 3.98. The molecule has 0 atom stereocenters. The molecule has 34 heavy (non-hydrogen) atoms. The topological polar surface area (TPSA) is 72.7 Å². The van der Waals surface area contributed by atoms with Crippen LogP contribution < -0.4 is 10.6 Å². The molecule has 2 aromatic heterocycles. The molecule has 0 radical (unpaired) electrons. The number of anilines is 2. The van der Waals surface area contributed by atoms with E-state index in [9.17, 15) is 4.57 Å². The van der Waals surface area contributed by atoms with Crippen LogP contribution in [0.3, 0.4) is 0 Å². The number of allylic oxidation sites excluding steroid dienone is 1. The van der Waals surface area contributed by atoms with Crippen LogP contribution >= 0.6 is 7.14 Å². The molecule has 0 unspecified atom stereocenters. The first-order valence-corrected chi connectivity index (χ1v) is 14.9. The molecule has 7 heteroatoms. The van der Waals surface area contributed by atoms with E-state index in [1.54, 1.807) is 0 Å². The number of nitrogens with one attached hydrogen (secondary N) is 1. The number of rotatable bonds is 9. The fourth-order valence-corrected chi connectivity index (χ4v) is 7.63. The molecule has 0 bridgehead atoms. The predicted octanol–water partition coefficient (Wildman–Crippen LogP) is 7.31. The van der Waals surface area contributed by atoms with E-state index < -0.39 is 7.14 Å². The van der Waals surface area contributed by atoms with Crippen LogP contribution in [-0.4, -0.2) is 31.8 Å². The van der Waals surface area contributed by atoms with Crippen molar-refractivity contribution in [1.82, 2.24) is 19.5 Å². The molecule has 2 heterocycles. The minimum atomic E-state index is -2.32. The zero-order valence-electron chi connectivity index (χ0n) is 21.0. The number of benzene rings is 1. The van der Waals surface area contributed by atoms with E-state index in [0.717, 1.165) is 66.0 Å². The molecule has 0 amide bonds. The lowest BCUT2D eigenvalue weighted by Crippen LogP contribution is -2.11. The van der Waals surface area contributed by atoms with Gasteiger partial charge in [-0.15, -0.1) is 0 Å². The van der Waals surface area contributed by atoms with Gasteiger partial charge < -0.3 is 9.88 Å². The van der Waals surface area contributed by atoms with Crippen molar-refractivity contribution in [2.24, 2.45) is 0 Å². The normalized spacial score (nSPS) is 14.7. The Balaban J connectivity index is 1.67. The zero-order valence-corrected chi connectivity index (χ0v) is 21.9. The minimum absolute atomic E-state index is 0.201. The Morgan fingerprint density at radius 3 is 2.32 bits per heavy atom. The molecule has 0 spiro atoms. The summed E-state index contributed by atoms with van der Waals surface area (Å²) in [6.45, 7) is 8.43. The van der Waals surface area contributed by atoms with E-state index in [4.69, 9.17) is 9.97 Å². The number of fused-ring (bicyclic) bond motifs is 1. The SMILES string of the molecule is CCCP(=O)(CCC)c1ccc(Nc2nc(C(C)C)nc3c2ncn3C=C2CCCCC2)cc1. The van der Waals surface area contributed by atoms with Crippen LogP contribution in [0.5, 0.6) is 0 Å². The number of hydrogen-bond donors (Lipinski definition) is 1. The molecule has 182 valence electrons. The summed E-state index contributed by atoms with van der Waals surface area (Å²) >= 11 is 0. The fraction of sp³-hybridized carbons (Fsp3) is 0.519. The van der Waals surface area contributed by atoms with Gasteiger partial charge in [0.1, 0.15) is 19.3 Å². The standard InChI is InChI=1S/C27H38N5OP/c1-5-16-34(33,17-6-2)23-14-12-22(13-15-23)29-26-24-27(31-25(30-26)20(3)4)32(19-28-24)18-21-10-8-7-9-11-21/h12-15,18-20H,5-11,16-17H2,1-4H3,(H,29,30,31). The molecule has 1 saturated carbocycles. The number of hydrogen-bond acceptors (Lipinski definition) is 5. The smallest absolute Gasteiger partial charge is 0.169 e. The Hall–Kier alpha value is -2.46. The second-order valence-corrected chi connectivity index (χ2v) is 13.0. The number of nitrogens with zero attached hydrogens (tertiary/aromatic N) is 4. The molecule has 1 aromatic carbocycles. The Kier molecular flexibility index (Phi) is 7.88. The average Bonchev–Trinajstić information content (AvgIpc) is 3.23. The third-order valence-corrected chi connectivity index (χ3v) is 10.1. The summed E-state index contributed by atoms with van der Waals surface area (Å²) < 4.78 is 15.5. The van der Waals surface area contributed by atoms with Gasteiger partial charge in [0.2, 0.25) is 0 Å². The van der Waals surface area contributed by atoms with Crippen LogP contribution in [-0.2, 0) is 4.57 Å². The van der Waals surface area contributed by atoms with Crippen LogP contribution in [0.25, 0.3) is 17.4 Å². The van der Waals surface area contributed by atoms with Gasteiger partial charge in [-0.05, 0) is 62.8 Å². The lowest BCUT2D eigenvalue weighted by molar-refractivity contribution is 0.579. The van der Waals surface area contributed by atoms with Gasteiger partial charge >= 0.3 is 0 Å². The molecule has 4 rings (SSSR count). The van der Waals surface area contributed by atoms with Crippen molar-refractivity contribution in [2.75, 3.05) is 17.6 Å². The van der Waals surface area contributed by atoms with Crippen LogP contribution in [0.1, 0.15) is 84.4 Å². The van der Waals surface area contributed by atoms with Crippen LogP contribution in [0.4, 0.5) is 11.5 Å². The maximum atomic E-state index is 13.5. The molecule has 3 aromatic rings. The van der Waals surface area contributed by atoms with Crippen LogP contribution in [0.15, 0.2) is 36.2 Å². The van der Waals surface area contributed by atoms with Gasteiger partial charge in [-0.1, -0.05) is 39.7 Å². The Labute approximate surface area is 203 Å². The Morgan fingerprint density at radius 2 is 1.71 bits per heavy atom. The molecular weight excluding hydrogens is 441 g/mol. The maximum absolute atomic E-state index is 13.5. The first-order chi connectivity index (χ1) is 16.4. The third-order valence-electron chi connectivity index (χ3n) is 6.54. The van der Waals surface area contributed by atoms with Crippen LogP contribution in [0, 0.1) is 0 Å². The largest absolute Gasteiger partial charge is 0.338 e. The lowest BCUT2D eigenvalue weighted by Gasteiger charge is -2.18. The predicted molar refractivity (Wildman–Crippen MR) is 144 cm³/mol. The fourth-order valence-electron chi connectivity index (χ4n) is 4.75. The average molecular weight is 480 g/mol.